The van der Waals surface area contributed by atoms with Crippen molar-refractivity contribution in [2.45, 2.75) is 75.7 Å². The number of hydrogen-bond donors (Lipinski definition) is 2. The zero-order valence-corrected chi connectivity index (χ0v) is 25.1. The second kappa shape index (κ2) is 11.8. The smallest absolute Gasteiger partial charge is 0.347 e. The first kappa shape index (κ1) is 30.7. The van der Waals surface area contributed by atoms with Gasteiger partial charge in [-0.15, -0.1) is 0 Å². The fourth-order valence-electron chi connectivity index (χ4n) is 6.01. The summed E-state index contributed by atoms with van der Waals surface area (Å²) < 4.78 is 46.7. The van der Waals surface area contributed by atoms with Crippen molar-refractivity contribution in [3.8, 4) is 5.88 Å². The fourth-order valence-corrected chi connectivity index (χ4v) is 8.86. The molecule has 5 heterocycles. The molecule has 2 aromatic rings. The van der Waals surface area contributed by atoms with E-state index in [0.29, 0.717) is 42.7 Å². The molecule has 6 atom stereocenters. The molecule has 0 radical (unpaired) electrons. The first-order chi connectivity index (χ1) is 20.0. The predicted molar refractivity (Wildman–Crippen MR) is 144 cm³/mol. The van der Waals surface area contributed by atoms with Gasteiger partial charge < -0.3 is 33.7 Å². The highest BCUT2D eigenvalue weighted by molar-refractivity contribution is 7.54. The van der Waals surface area contributed by atoms with Crippen LogP contribution in [0, 0.1) is 6.92 Å². The van der Waals surface area contributed by atoms with Gasteiger partial charge in [0, 0.05) is 13.1 Å². The highest BCUT2D eigenvalue weighted by Gasteiger charge is 2.57. The van der Waals surface area contributed by atoms with Crippen LogP contribution >= 0.6 is 7.67 Å². The minimum absolute atomic E-state index is 0.242. The van der Waals surface area contributed by atoms with E-state index in [0.717, 1.165) is 0 Å². The van der Waals surface area contributed by atoms with E-state index in [1.165, 1.54) is 48.5 Å². The molecule has 3 aliphatic rings. The van der Waals surface area contributed by atoms with Gasteiger partial charge in [-0.3, -0.25) is 18.7 Å². The van der Waals surface area contributed by atoms with Crippen LogP contribution in [0.3, 0.4) is 0 Å². The molecule has 3 saturated heterocycles. The summed E-state index contributed by atoms with van der Waals surface area (Å²) in [5.41, 5.74) is -1.19. The van der Waals surface area contributed by atoms with E-state index in [2.05, 4.69) is 15.0 Å². The number of methoxy groups -OCH3 is 3. The summed E-state index contributed by atoms with van der Waals surface area (Å²) >= 11 is 0. The fraction of sp³-hybridized carbons (Fsp3) is 0.720. The summed E-state index contributed by atoms with van der Waals surface area (Å²) in [6.07, 6.45) is -0.486. The minimum Gasteiger partial charge on any atom is -0.479 e. The van der Waals surface area contributed by atoms with Crippen LogP contribution in [0.25, 0.3) is 11.2 Å². The number of esters is 2. The number of ether oxygens (including phenoxy) is 4. The average Bonchev–Trinajstić information content (AvgIpc) is 3.78. The Balaban J connectivity index is 1.45. The summed E-state index contributed by atoms with van der Waals surface area (Å²) in [6, 6.07) is -1.69. The van der Waals surface area contributed by atoms with Gasteiger partial charge in [-0.05, 0) is 39.5 Å². The first-order valence-electron chi connectivity index (χ1n) is 13.7. The summed E-state index contributed by atoms with van der Waals surface area (Å²) in [5.74, 6) is -0.488. The normalized spacial score (nSPS) is 31.8. The highest BCUT2D eigenvalue weighted by atomic mass is 31.2. The van der Waals surface area contributed by atoms with Crippen molar-refractivity contribution in [3.05, 3.63) is 12.2 Å². The van der Waals surface area contributed by atoms with E-state index < -0.39 is 62.3 Å². The van der Waals surface area contributed by atoms with Crippen molar-refractivity contribution in [1.82, 2.24) is 28.9 Å². The Morgan fingerprint density at radius 1 is 1.10 bits per heavy atom. The second-order valence-corrected chi connectivity index (χ2v) is 13.0. The lowest BCUT2D eigenvalue weighted by atomic mass is 9.96. The minimum atomic E-state index is -4.08. The maximum atomic E-state index is 14.9. The molecule has 42 heavy (non-hydrogen) atoms. The first-order valence-corrected chi connectivity index (χ1v) is 15.3. The van der Waals surface area contributed by atoms with Crippen molar-refractivity contribution in [2.24, 2.45) is 0 Å². The van der Waals surface area contributed by atoms with Gasteiger partial charge in [-0.25, -0.2) is 19.3 Å². The zero-order chi connectivity index (χ0) is 30.4. The van der Waals surface area contributed by atoms with E-state index >= 15 is 0 Å². The largest absolute Gasteiger partial charge is 0.479 e. The van der Waals surface area contributed by atoms with Gasteiger partial charge in [0.1, 0.15) is 35.7 Å². The van der Waals surface area contributed by atoms with E-state index in [4.69, 9.17) is 23.5 Å². The van der Waals surface area contributed by atoms with Crippen molar-refractivity contribution in [1.29, 1.82) is 0 Å². The third-order valence-corrected chi connectivity index (χ3v) is 10.9. The molecule has 16 nitrogen and oxygen atoms in total. The van der Waals surface area contributed by atoms with E-state index in [1.54, 1.807) is 6.92 Å². The number of aliphatic hydroxyl groups excluding tert-OH is 1. The predicted octanol–water partition coefficient (Wildman–Crippen LogP) is 0.552. The topological polar surface area (TPSA) is 188 Å². The van der Waals surface area contributed by atoms with Crippen molar-refractivity contribution in [3.63, 3.8) is 0 Å². The van der Waals surface area contributed by atoms with Crippen molar-refractivity contribution < 1.29 is 47.8 Å². The van der Waals surface area contributed by atoms with Gasteiger partial charge in [-0.1, -0.05) is 0 Å². The Labute approximate surface area is 242 Å². The molecule has 2 N–H and O–H groups in total. The number of hydrogen-bond acceptors (Lipinski definition) is 13. The van der Waals surface area contributed by atoms with Gasteiger partial charge in [-0.2, -0.15) is 4.98 Å². The van der Waals surface area contributed by atoms with E-state index in [1.807, 2.05) is 0 Å². The quantitative estimate of drug-likeness (QED) is 0.295. The standard InChI is InChI=1S/C25H37N6O10P/c1-14-27-20-18(21(28-14)37-3)26-13-29(20)24-25(2,35)19(32)17(41-24)12-40-42(36,30-10-6-8-15(30)22(33)38-4)31-11-7-9-16(31)23(34)39-5/h13,15-17,19,24,32,35H,6-12H2,1-5H3/t15?,16?,17-,19+,24-,25?,42?/m1/s1. The lowest BCUT2D eigenvalue weighted by Crippen LogP contribution is -2.46. The molecule has 0 bridgehead atoms. The van der Waals surface area contributed by atoms with Crippen LogP contribution in [-0.4, -0.2) is 122 Å². The Bertz CT molecular complexity index is 1350. The third kappa shape index (κ3) is 5.08. The maximum absolute atomic E-state index is 14.9. The summed E-state index contributed by atoms with van der Waals surface area (Å²) in [7, 11) is -0.121. The van der Waals surface area contributed by atoms with Crippen molar-refractivity contribution in [2.75, 3.05) is 41.0 Å². The number of aryl methyl sites for hydroxylation is 1. The second-order valence-electron chi connectivity index (χ2n) is 10.8. The summed E-state index contributed by atoms with van der Waals surface area (Å²) in [6.45, 7) is 3.18. The number of nitrogens with zero attached hydrogens (tertiary/aromatic N) is 6. The average molecular weight is 613 g/mol. The van der Waals surface area contributed by atoms with Crippen LogP contribution in [0.1, 0.15) is 44.7 Å². The molecule has 17 heteroatoms. The molecule has 3 unspecified atom stereocenters. The Kier molecular flexibility index (Phi) is 8.60. The van der Waals surface area contributed by atoms with Crippen LogP contribution in [-0.2, 0) is 32.9 Å². The molecule has 232 valence electrons. The molecule has 0 aromatic carbocycles. The Morgan fingerprint density at radius 3 is 2.24 bits per heavy atom. The maximum Gasteiger partial charge on any atom is 0.347 e. The zero-order valence-electron chi connectivity index (χ0n) is 24.2. The number of carbonyl (C=O) groups is 2. The van der Waals surface area contributed by atoms with Gasteiger partial charge in [0.2, 0.25) is 5.88 Å². The highest BCUT2D eigenvalue weighted by Crippen LogP contribution is 2.60. The lowest BCUT2D eigenvalue weighted by molar-refractivity contribution is -0.145. The Morgan fingerprint density at radius 2 is 1.69 bits per heavy atom. The molecular formula is C25H37N6O10P. The van der Waals surface area contributed by atoms with Crippen LogP contribution in [0.4, 0.5) is 0 Å². The molecule has 0 aliphatic carbocycles. The number of fused-ring (bicyclic) bond motifs is 1. The van der Waals surface area contributed by atoms with Crippen LogP contribution in [0.2, 0.25) is 0 Å². The Hall–Kier alpha value is -2.72. The van der Waals surface area contributed by atoms with Gasteiger partial charge in [0.05, 0.1) is 34.3 Å². The number of imidazole rings is 1. The summed E-state index contributed by atoms with van der Waals surface area (Å²) in [4.78, 5) is 38.2. The molecule has 0 amide bonds. The third-order valence-electron chi connectivity index (χ3n) is 8.15. The lowest BCUT2D eigenvalue weighted by Gasteiger charge is -2.38. The molecular weight excluding hydrogens is 575 g/mol. The number of rotatable bonds is 9. The van der Waals surface area contributed by atoms with E-state index in [9.17, 15) is 24.4 Å². The number of carbonyl (C=O) groups excluding carboxylic acids is 2. The molecule has 3 aliphatic heterocycles. The van der Waals surface area contributed by atoms with Crippen LogP contribution in [0.5, 0.6) is 5.88 Å². The summed E-state index contributed by atoms with van der Waals surface area (Å²) in [5, 5.41) is 22.6. The van der Waals surface area contributed by atoms with E-state index in [-0.39, 0.29) is 19.0 Å². The monoisotopic (exact) mass is 612 g/mol. The molecule has 3 fully saturated rings. The molecule has 5 rings (SSSR count). The molecule has 2 aromatic heterocycles. The van der Waals surface area contributed by atoms with Gasteiger partial charge in [0.15, 0.2) is 17.4 Å². The van der Waals surface area contributed by atoms with Gasteiger partial charge >= 0.3 is 19.6 Å². The van der Waals surface area contributed by atoms with Crippen LogP contribution < -0.4 is 4.74 Å². The molecule has 0 spiro atoms. The SMILES string of the molecule is COC(=O)C1CCCN1P(=O)(OC[C@H]1O[C@@H](n2cnc3c(OC)nc(C)nc32)C(C)(O)[C@H]1O)N1CCCC1C(=O)OC. The number of aliphatic hydroxyl groups is 2. The van der Waals surface area contributed by atoms with Crippen LogP contribution in [0.15, 0.2) is 6.33 Å². The number of aromatic nitrogens is 4. The van der Waals surface area contributed by atoms with Gasteiger partial charge in [0.25, 0.3) is 0 Å². The molecule has 0 saturated carbocycles. The van der Waals surface area contributed by atoms with Crippen molar-refractivity contribution >= 4 is 30.8 Å².